The molecule has 3 atom stereocenters. The van der Waals surface area contributed by atoms with E-state index in [9.17, 15) is 24.3 Å². The van der Waals surface area contributed by atoms with E-state index in [0.29, 0.717) is 37.4 Å². The van der Waals surface area contributed by atoms with Crippen LogP contribution >= 0.6 is 0 Å². The predicted octanol–water partition coefficient (Wildman–Crippen LogP) is 4.42. The second-order valence-electron chi connectivity index (χ2n) is 13.5. The Bertz CT molecular complexity index is 1350. The molecule has 11 nitrogen and oxygen atoms in total. The van der Waals surface area contributed by atoms with Crippen LogP contribution in [0.4, 0.5) is 0 Å². The third-order valence-corrected chi connectivity index (χ3v) is 8.90. The van der Waals surface area contributed by atoms with Crippen LogP contribution in [0.15, 0.2) is 59.7 Å². The van der Waals surface area contributed by atoms with Crippen molar-refractivity contribution in [3.63, 3.8) is 0 Å². The lowest BCUT2D eigenvalue weighted by Gasteiger charge is -2.36. The molecule has 1 aromatic rings. The van der Waals surface area contributed by atoms with E-state index in [1.807, 2.05) is 50.3 Å². The van der Waals surface area contributed by atoms with Gasteiger partial charge in [-0.25, -0.2) is 4.79 Å². The van der Waals surface area contributed by atoms with Crippen molar-refractivity contribution in [1.29, 1.82) is 0 Å². The molecule has 0 bridgehead atoms. The number of ketones is 1. The highest BCUT2D eigenvalue weighted by atomic mass is 16.6. The lowest BCUT2D eigenvalue weighted by molar-refractivity contribution is -0.310. The Morgan fingerprint density at radius 1 is 0.980 bits per heavy atom. The number of ether oxygens (including phenoxy) is 2. The van der Waals surface area contributed by atoms with E-state index in [2.05, 4.69) is 18.0 Å². The van der Waals surface area contributed by atoms with Crippen molar-refractivity contribution in [2.24, 2.45) is 16.9 Å². The van der Waals surface area contributed by atoms with Crippen LogP contribution < -0.4 is 27.3 Å². The first kappa shape index (κ1) is 41.2. The third-order valence-electron chi connectivity index (χ3n) is 8.90. The van der Waals surface area contributed by atoms with Gasteiger partial charge < -0.3 is 31.4 Å². The van der Waals surface area contributed by atoms with Crippen molar-refractivity contribution >= 4 is 23.5 Å². The van der Waals surface area contributed by atoms with Gasteiger partial charge in [-0.15, -0.1) is 0 Å². The molecule has 0 aromatic heterocycles. The molecular formula is C38H59N4O7+. The van der Waals surface area contributed by atoms with E-state index in [0.717, 1.165) is 49.7 Å². The summed E-state index contributed by atoms with van der Waals surface area (Å²) in [5.74, 6) is -1.04. The number of benzene rings is 1. The Balaban J connectivity index is 2.06. The molecular weight excluding hydrogens is 624 g/mol. The van der Waals surface area contributed by atoms with Gasteiger partial charge in [-0.1, -0.05) is 75.3 Å². The van der Waals surface area contributed by atoms with Crippen molar-refractivity contribution in [2.75, 3.05) is 6.61 Å². The number of nitrogens with one attached hydrogen (secondary N) is 1. The van der Waals surface area contributed by atoms with E-state index in [1.54, 1.807) is 13.0 Å². The molecule has 0 unspecified atom stereocenters. The molecule has 1 aliphatic rings. The summed E-state index contributed by atoms with van der Waals surface area (Å²) in [7, 11) is 0. The minimum atomic E-state index is -2.35. The number of hydrogen-bond donors (Lipinski definition) is 5. The van der Waals surface area contributed by atoms with Crippen LogP contribution in [0, 0.1) is 5.41 Å². The molecule has 1 heterocycles. The minimum Gasteiger partial charge on any atom is -0.490 e. The van der Waals surface area contributed by atoms with Crippen molar-refractivity contribution in [2.45, 2.75) is 129 Å². The largest absolute Gasteiger partial charge is 0.490 e. The van der Waals surface area contributed by atoms with Crippen LogP contribution in [-0.2, 0) is 30.3 Å². The summed E-state index contributed by atoms with van der Waals surface area (Å²) in [5, 5.41) is 14.6. The number of primary amides is 2. The average Bonchev–Trinajstić information content (AvgIpc) is 3.81. The van der Waals surface area contributed by atoms with Crippen LogP contribution in [0.2, 0.25) is 0 Å². The molecule has 1 aromatic carbocycles. The summed E-state index contributed by atoms with van der Waals surface area (Å²) in [4.78, 5) is 49.3. The Kier molecular flexibility index (Phi) is 17.3. The number of unbranched alkanes of at least 4 members (excludes halogenated alkanes) is 8. The molecule has 272 valence electrons. The van der Waals surface area contributed by atoms with Crippen LogP contribution in [0.5, 0.6) is 5.75 Å². The highest BCUT2D eigenvalue weighted by molar-refractivity contribution is 5.89. The lowest BCUT2D eigenvalue weighted by atomic mass is 9.69. The van der Waals surface area contributed by atoms with Gasteiger partial charge in [0.25, 0.3) is 5.91 Å². The molecule has 2 rings (SSSR count). The molecule has 11 heteroatoms. The number of carbonyl (C=O) groups is 4. The van der Waals surface area contributed by atoms with Crippen LogP contribution in [-0.4, -0.2) is 46.9 Å². The quantitative estimate of drug-likeness (QED) is 0.0662. The smallest absolute Gasteiger partial charge is 0.312 e. The molecule has 49 heavy (non-hydrogen) atoms. The van der Waals surface area contributed by atoms with Gasteiger partial charge in [0.1, 0.15) is 30.6 Å². The lowest BCUT2D eigenvalue weighted by Crippen LogP contribution is -2.65. The summed E-state index contributed by atoms with van der Waals surface area (Å²) in [6, 6.07) is 6.42. The maximum atomic E-state index is 12.7. The first-order valence-corrected chi connectivity index (χ1v) is 17.6. The fourth-order valence-electron chi connectivity index (χ4n) is 5.68. The second-order valence-corrected chi connectivity index (χ2v) is 13.5. The van der Waals surface area contributed by atoms with Crippen molar-refractivity contribution in [1.82, 2.24) is 5.32 Å². The Labute approximate surface area is 291 Å². The molecule has 0 radical (unpaired) electrons. The van der Waals surface area contributed by atoms with E-state index in [1.165, 1.54) is 19.3 Å². The highest BCUT2D eigenvalue weighted by Crippen LogP contribution is 2.50. The first-order chi connectivity index (χ1) is 23.2. The number of allylic oxidation sites excluding steroid dienone is 2. The SMILES string of the molecule is CCCCCCCC(=O)CCCCCC/C=C/[C@@](C)(C1=C(N[C@@H](Cc2ccc(OCC=C(C)C)cc2)C(N)=O)O1)[C@@](O)(CC([NH3+])=O)C(N)=O. The number of nitrogens with two attached hydrogens (primary N) is 2. The van der Waals surface area contributed by atoms with E-state index < -0.39 is 41.2 Å². The number of Topliss-reactive ketones (excluding diaryl/α,β-unsaturated/α-hetero) is 1. The Hall–Kier alpha value is -3.96. The summed E-state index contributed by atoms with van der Waals surface area (Å²) >= 11 is 0. The molecule has 0 aliphatic carbocycles. The number of amides is 3. The molecule has 0 spiro atoms. The number of carbonyl (C=O) groups excluding carboxylic acids is 4. The highest BCUT2D eigenvalue weighted by Gasteiger charge is 2.60. The van der Waals surface area contributed by atoms with Gasteiger partial charge in [0.2, 0.25) is 11.8 Å². The van der Waals surface area contributed by atoms with E-state index in [-0.39, 0.29) is 18.1 Å². The normalized spacial score (nSPS) is 15.5. The number of rotatable bonds is 27. The Morgan fingerprint density at radius 3 is 2.14 bits per heavy atom. The fraction of sp³-hybridized carbons (Fsp3) is 0.579. The first-order valence-electron chi connectivity index (χ1n) is 17.6. The van der Waals surface area contributed by atoms with Crippen molar-refractivity contribution in [3.8, 4) is 5.75 Å². The topological polar surface area (TPSA) is 202 Å². The second kappa shape index (κ2) is 20.5. The van der Waals surface area contributed by atoms with Gasteiger partial charge in [-0.3, -0.25) is 20.1 Å². The zero-order valence-electron chi connectivity index (χ0n) is 30.0. The summed E-state index contributed by atoms with van der Waals surface area (Å²) < 4.78 is 11.5. The maximum Gasteiger partial charge on any atom is 0.312 e. The van der Waals surface area contributed by atoms with Crippen molar-refractivity contribution < 1.29 is 39.5 Å². The Morgan fingerprint density at radius 2 is 1.59 bits per heavy atom. The van der Waals surface area contributed by atoms with Crippen molar-refractivity contribution in [3.05, 3.63) is 65.3 Å². The predicted molar refractivity (Wildman–Crippen MR) is 189 cm³/mol. The summed E-state index contributed by atoms with van der Waals surface area (Å²) in [5.41, 5.74) is 12.8. The molecule has 0 fully saturated rings. The average molecular weight is 684 g/mol. The maximum absolute atomic E-state index is 12.7. The monoisotopic (exact) mass is 683 g/mol. The molecule has 1 aliphatic heterocycles. The fourth-order valence-corrected chi connectivity index (χ4v) is 5.68. The molecule has 9 N–H and O–H groups in total. The van der Waals surface area contributed by atoms with E-state index >= 15 is 0 Å². The molecule has 3 amide bonds. The van der Waals surface area contributed by atoms with E-state index in [4.69, 9.17) is 20.9 Å². The number of aliphatic hydroxyl groups is 1. The zero-order chi connectivity index (χ0) is 36.5. The third kappa shape index (κ3) is 13.8. The van der Waals surface area contributed by atoms with Gasteiger partial charge in [0.15, 0.2) is 11.4 Å². The zero-order valence-corrected chi connectivity index (χ0v) is 30.0. The van der Waals surface area contributed by atoms with Crippen LogP contribution in [0.1, 0.15) is 117 Å². The van der Waals surface area contributed by atoms with Gasteiger partial charge >= 0.3 is 5.91 Å². The molecule has 0 saturated carbocycles. The minimum absolute atomic E-state index is 0.170. The molecule has 0 saturated heterocycles. The van der Waals surface area contributed by atoms with Crippen LogP contribution in [0.3, 0.4) is 0 Å². The summed E-state index contributed by atoms with van der Waals surface area (Å²) in [6.45, 7) is 8.17. The summed E-state index contributed by atoms with van der Waals surface area (Å²) in [6.07, 6.45) is 16.1. The van der Waals surface area contributed by atoms with Gasteiger partial charge in [-0.05, 0) is 70.2 Å². The van der Waals surface area contributed by atoms with Crippen LogP contribution in [0.25, 0.3) is 0 Å². The number of hydrogen-bond acceptors (Lipinski definition) is 8. The van der Waals surface area contributed by atoms with Gasteiger partial charge in [0.05, 0.1) is 5.41 Å². The number of quaternary nitrogens is 1. The van der Waals surface area contributed by atoms with Gasteiger partial charge in [0, 0.05) is 19.3 Å². The van der Waals surface area contributed by atoms with Gasteiger partial charge in [-0.2, -0.15) is 0 Å². The standard InChI is InChI=1S/C38H58N4O7/c1-5-6-7-10-13-16-29(43)17-14-11-8-9-12-15-23-37(4,38(47,36(41)46)26-32(39)44)33-35(49-33)42-31(34(40)45)25-28-18-20-30(21-19-28)48-24-22-27(2)3/h15,18-23,31,42,47H,5-14,16-17,24-26H2,1-4H3,(H2,39,44)(H2,40,45)(H2,41,46)/p+1/b23-15+/t31-,37-,38+/m0/s1.